The summed E-state index contributed by atoms with van der Waals surface area (Å²) in [6.45, 7) is 7.08. The van der Waals surface area contributed by atoms with E-state index in [4.69, 9.17) is 9.26 Å². The molecular weight excluding hydrogens is 368 g/mol. The molecule has 2 N–H and O–H groups in total. The number of methoxy groups -OCH3 is 1. The fraction of sp³-hybridized carbons (Fsp3) is 0.318. The molecule has 0 fully saturated rings. The molecule has 0 radical (unpaired) electrons. The number of ether oxygens (including phenoxy) is 1. The first-order valence-corrected chi connectivity index (χ1v) is 9.47. The minimum atomic E-state index is -0.276. The molecule has 0 bridgehead atoms. The summed E-state index contributed by atoms with van der Waals surface area (Å²) in [5, 5.41) is 10.3. The fourth-order valence-electron chi connectivity index (χ4n) is 3.16. The van der Waals surface area contributed by atoms with Gasteiger partial charge in [-0.3, -0.25) is 9.78 Å². The number of nitrogens with zero attached hydrogens (tertiary/aromatic N) is 2. The molecule has 1 aromatic carbocycles. The zero-order valence-electron chi connectivity index (χ0n) is 17.2. The van der Waals surface area contributed by atoms with Crippen LogP contribution >= 0.6 is 0 Å². The maximum Gasteiger partial charge on any atom is 0.274 e. The summed E-state index contributed by atoms with van der Waals surface area (Å²) in [6.07, 6.45) is 3.43. The van der Waals surface area contributed by atoms with E-state index in [9.17, 15) is 4.79 Å². The Bertz CT molecular complexity index is 969. The van der Waals surface area contributed by atoms with Gasteiger partial charge in [0.1, 0.15) is 11.5 Å². The van der Waals surface area contributed by atoms with Crippen LogP contribution in [0, 0.1) is 20.8 Å². The van der Waals surface area contributed by atoms with Crippen molar-refractivity contribution in [2.75, 3.05) is 13.7 Å². The maximum absolute atomic E-state index is 12.6. The van der Waals surface area contributed by atoms with Crippen molar-refractivity contribution in [3.8, 4) is 5.75 Å². The van der Waals surface area contributed by atoms with E-state index in [1.165, 1.54) is 5.56 Å². The van der Waals surface area contributed by atoms with Crippen molar-refractivity contribution in [1.82, 2.24) is 20.8 Å². The molecule has 7 heteroatoms. The van der Waals surface area contributed by atoms with Crippen molar-refractivity contribution in [1.29, 1.82) is 0 Å². The predicted octanol–water partition coefficient (Wildman–Crippen LogP) is 3.26. The van der Waals surface area contributed by atoms with Crippen LogP contribution in [-0.2, 0) is 6.54 Å². The van der Waals surface area contributed by atoms with Crippen molar-refractivity contribution in [3.05, 3.63) is 76.4 Å². The molecule has 0 aliphatic rings. The average molecular weight is 394 g/mol. The third kappa shape index (κ3) is 5.20. The van der Waals surface area contributed by atoms with Gasteiger partial charge in [-0.05, 0) is 61.2 Å². The van der Waals surface area contributed by atoms with Crippen molar-refractivity contribution >= 4 is 5.91 Å². The third-order valence-electron chi connectivity index (χ3n) is 4.79. The standard InChI is InChI=1S/C22H26N4O3/c1-14-10-21(28-4)15(2)9-18(14)12-24-13-20(17-5-7-23-8-6-17)25-22(27)19-11-16(3)29-26-19/h5-11,20,24H,12-13H2,1-4H3,(H,25,27). The number of carbonyl (C=O) groups excluding carboxylic acids is 1. The normalized spacial score (nSPS) is 11.9. The van der Waals surface area contributed by atoms with E-state index in [0.29, 0.717) is 18.8 Å². The van der Waals surface area contributed by atoms with E-state index in [1.54, 1.807) is 32.5 Å². The molecule has 0 spiro atoms. The Morgan fingerprint density at radius 1 is 1.14 bits per heavy atom. The van der Waals surface area contributed by atoms with Gasteiger partial charge in [0.15, 0.2) is 5.69 Å². The number of aryl methyl sites for hydroxylation is 3. The second kappa shape index (κ2) is 9.34. The van der Waals surface area contributed by atoms with Gasteiger partial charge < -0.3 is 19.9 Å². The monoisotopic (exact) mass is 394 g/mol. The summed E-state index contributed by atoms with van der Waals surface area (Å²) in [5.74, 6) is 1.21. The molecular formula is C22H26N4O3. The Kier molecular flexibility index (Phi) is 6.61. The topological polar surface area (TPSA) is 89.3 Å². The maximum atomic E-state index is 12.6. The highest BCUT2D eigenvalue weighted by Crippen LogP contribution is 2.22. The summed E-state index contributed by atoms with van der Waals surface area (Å²) < 4.78 is 10.4. The van der Waals surface area contributed by atoms with Crippen molar-refractivity contribution in [3.63, 3.8) is 0 Å². The largest absolute Gasteiger partial charge is 0.496 e. The summed E-state index contributed by atoms with van der Waals surface area (Å²) in [6, 6.07) is 9.34. The zero-order valence-corrected chi connectivity index (χ0v) is 17.2. The quantitative estimate of drug-likeness (QED) is 0.610. The molecule has 29 heavy (non-hydrogen) atoms. The Hall–Kier alpha value is -3.19. The van der Waals surface area contributed by atoms with Crippen LogP contribution in [0.5, 0.6) is 5.75 Å². The summed E-state index contributed by atoms with van der Waals surface area (Å²) in [4.78, 5) is 16.6. The van der Waals surface area contributed by atoms with Gasteiger partial charge in [0.05, 0.1) is 13.2 Å². The Balaban J connectivity index is 1.69. The second-order valence-electron chi connectivity index (χ2n) is 7.01. The van der Waals surface area contributed by atoms with E-state index >= 15 is 0 Å². The van der Waals surface area contributed by atoms with Crippen molar-refractivity contribution in [2.45, 2.75) is 33.4 Å². The first-order valence-electron chi connectivity index (χ1n) is 9.47. The van der Waals surface area contributed by atoms with Crippen molar-refractivity contribution < 1.29 is 14.1 Å². The number of pyridine rings is 1. The molecule has 1 amide bonds. The van der Waals surface area contributed by atoms with Crippen LogP contribution in [0.25, 0.3) is 0 Å². The molecule has 1 atom stereocenters. The van der Waals surface area contributed by atoms with Crippen molar-refractivity contribution in [2.24, 2.45) is 0 Å². The molecule has 0 aliphatic heterocycles. The minimum Gasteiger partial charge on any atom is -0.496 e. The lowest BCUT2D eigenvalue weighted by Crippen LogP contribution is -2.35. The SMILES string of the molecule is COc1cc(C)c(CNCC(NC(=O)c2cc(C)on2)c2ccncc2)cc1C. The van der Waals surface area contributed by atoms with Crippen LogP contribution in [0.2, 0.25) is 0 Å². The molecule has 7 nitrogen and oxygen atoms in total. The number of hydrogen-bond acceptors (Lipinski definition) is 6. The summed E-state index contributed by atoms with van der Waals surface area (Å²) in [7, 11) is 1.68. The molecule has 0 saturated heterocycles. The van der Waals surface area contributed by atoms with Gasteiger partial charge in [0.2, 0.25) is 0 Å². The van der Waals surface area contributed by atoms with Gasteiger partial charge in [-0.25, -0.2) is 0 Å². The molecule has 2 aromatic heterocycles. The van der Waals surface area contributed by atoms with Gasteiger partial charge in [-0.1, -0.05) is 11.2 Å². The first kappa shape index (κ1) is 20.5. The number of nitrogens with one attached hydrogen (secondary N) is 2. The predicted molar refractivity (Wildman–Crippen MR) is 110 cm³/mol. The van der Waals surface area contributed by atoms with E-state index in [2.05, 4.69) is 33.8 Å². The number of hydrogen-bond donors (Lipinski definition) is 2. The van der Waals surface area contributed by atoms with Crippen LogP contribution in [-0.4, -0.2) is 29.7 Å². The van der Waals surface area contributed by atoms with Gasteiger partial charge in [-0.2, -0.15) is 0 Å². The highest BCUT2D eigenvalue weighted by atomic mass is 16.5. The van der Waals surface area contributed by atoms with Gasteiger partial charge in [0, 0.05) is 31.5 Å². The molecule has 0 saturated carbocycles. The summed E-state index contributed by atoms with van der Waals surface area (Å²) >= 11 is 0. The van der Waals surface area contributed by atoms with Crippen LogP contribution in [0.15, 0.2) is 47.2 Å². The Morgan fingerprint density at radius 3 is 2.55 bits per heavy atom. The lowest BCUT2D eigenvalue weighted by atomic mass is 10.0. The van der Waals surface area contributed by atoms with E-state index < -0.39 is 0 Å². The van der Waals surface area contributed by atoms with Crippen LogP contribution in [0.1, 0.15) is 44.5 Å². The Labute approximate surface area is 170 Å². The lowest BCUT2D eigenvalue weighted by molar-refractivity contribution is 0.0927. The first-order chi connectivity index (χ1) is 14.0. The number of benzene rings is 1. The van der Waals surface area contributed by atoms with E-state index in [1.807, 2.05) is 25.1 Å². The number of amides is 1. The minimum absolute atomic E-state index is 0.234. The smallest absolute Gasteiger partial charge is 0.274 e. The lowest BCUT2D eigenvalue weighted by Gasteiger charge is -2.20. The average Bonchev–Trinajstić information content (AvgIpc) is 3.16. The number of carbonyl (C=O) groups is 1. The molecule has 0 aliphatic carbocycles. The fourth-order valence-corrected chi connectivity index (χ4v) is 3.16. The van der Waals surface area contributed by atoms with E-state index in [0.717, 1.165) is 22.4 Å². The Morgan fingerprint density at radius 2 is 1.90 bits per heavy atom. The van der Waals surface area contributed by atoms with Gasteiger partial charge >= 0.3 is 0 Å². The van der Waals surface area contributed by atoms with Crippen LogP contribution in [0.4, 0.5) is 0 Å². The van der Waals surface area contributed by atoms with E-state index in [-0.39, 0.29) is 17.6 Å². The highest BCUT2D eigenvalue weighted by molar-refractivity contribution is 5.92. The van der Waals surface area contributed by atoms with Gasteiger partial charge in [0.25, 0.3) is 5.91 Å². The summed E-state index contributed by atoms with van der Waals surface area (Å²) in [5.41, 5.74) is 4.67. The van der Waals surface area contributed by atoms with Crippen LogP contribution < -0.4 is 15.4 Å². The number of rotatable bonds is 8. The molecule has 152 valence electrons. The van der Waals surface area contributed by atoms with Crippen LogP contribution in [0.3, 0.4) is 0 Å². The molecule has 3 aromatic rings. The third-order valence-corrected chi connectivity index (χ3v) is 4.79. The molecule has 2 heterocycles. The zero-order chi connectivity index (χ0) is 20.8. The molecule has 3 rings (SSSR count). The highest BCUT2D eigenvalue weighted by Gasteiger charge is 2.18. The second-order valence-corrected chi connectivity index (χ2v) is 7.01. The number of aromatic nitrogens is 2. The molecule has 1 unspecified atom stereocenters. The van der Waals surface area contributed by atoms with Gasteiger partial charge in [-0.15, -0.1) is 0 Å².